The molecule has 0 amide bonds. The summed E-state index contributed by atoms with van der Waals surface area (Å²) in [6.45, 7) is 8.81. The Bertz CT molecular complexity index is 1280. The zero-order valence-corrected chi connectivity index (χ0v) is 27.0. The number of carbonyl (C=O) groups excluding carboxylic acids is 1. The Hall–Kier alpha value is -2.31. The van der Waals surface area contributed by atoms with E-state index in [9.17, 15) is 22.3 Å². The van der Waals surface area contributed by atoms with Crippen molar-refractivity contribution in [2.75, 3.05) is 20.7 Å². The van der Waals surface area contributed by atoms with Gasteiger partial charge in [0.05, 0.1) is 5.41 Å². The fraction of sp³-hybridized carbons (Fsp3) is 0.552. The van der Waals surface area contributed by atoms with Crippen LogP contribution in [0, 0.1) is 10.8 Å². The molecule has 0 aliphatic carbocycles. The van der Waals surface area contributed by atoms with Crippen LogP contribution in [0.15, 0.2) is 54.6 Å². The molecule has 0 saturated carbocycles. The highest BCUT2D eigenvalue weighted by molar-refractivity contribution is 7.94. The molecule has 2 aromatic rings. The first-order valence-corrected chi connectivity index (χ1v) is 16.6. The Labute approximate surface area is 249 Å². The van der Waals surface area contributed by atoms with E-state index in [1.165, 1.54) is 7.11 Å². The van der Waals surface area contributed by atoms with E-state index in [0.717, 1.165) is 5.56 Å². The van der Waals surface area contributed by atoms with Gasteiger partial charge in [-0.2, -0.15) is 8.42 Å². The van der Waals surface area contributed by atoms with Gasteiger partial charge in [0.1, 0.15) is 11.5 Å². The van der Waals surface area contributed by atoms with Gasteiger partial charge in [-0.1, -0.05) is 51.1 Å². The summed E-state index contributed by atoms with van der Waals surface area (Å²) >= 11 is 0. The fourth-order valence-electron chi connectivity index (χ4n) is 3.75. The molecule has 0 spiro atoms. The van der Waals surface area contributed by atoms with Crippen LogP contribution in [0.5, 0.6) is 11.5 Å². The Morgan fingerprint density at radius 1 is 0.929 bits per heavy atom. The zero-order valence-electron chi connectivity index (χ0n) is 25.3. The van der Waals surface area contributed by atoms with Crippen LogP contribution < -0.4 is 4.74 Å². The van der Waals surface area contributed by atoms with Crippen LogP contribution in [-0.2, 0) is 49.2 Å². The molecule has 11 nitrogen and oxygen atoms in total. The van der Waals surface area contributed by atoms with E-state index in [4.69, 9.17) is 28.0 Å². The molecular weight excluding hydrogens is 587 g/mol. The smallest absolute Gasteiger partial charge is 0.356 e. The quantitative estimate of drug-likeness (QED) is 0.0907. The maximum atomic E-state index is 13.9. The average Bonchev–Trinajstić information content (AvgIpc) is 2.88. The lowest BCUT2D eigenvalue weighted by molar-refractivity contribution is -0.208. The van der Waals surface area contributed by atoms with E-state index in [0.29, 0.717) is 17.9 Å². The first-order chi connectivity index (χ1) is 19.5. The highest BCUT2D eigenvalue weighted by Gasteiger charge is 2.45. The van der Waals surface area contributed by atoms with Crippen molar-refractivity contribution in [3.63, 3.8) is 0 Å². The average molecular weight is 631 g/mol. The SMILES string of the molecule is COC(OCOP(=O)(OCOC(=O)C(C)(C)C)C(CCCc1cccc(Oc2ccccc2)c1)S(=O)(=O)O)C(C)(C)C. The Morgan fingerprint density at radius 3 is 2.12 bits per heavy atom. The van der Waals surface area contributed by atoms with Crippen molar-refractivity contribution >= 4 is 23.7 Å². The van der Waals surface area contributed by atoms with Gasteiger partial charge in [0.25, 0.3) is 10.1 Å². The number of aryl methyl sites for hydroxylation is 1. The third kappa shape index (κ3) is 11.8. The van der Waals surface area contributed by atoms with Crippen LogP contribution in [0.25, 0.3) is 0 Å². The van der Waals surface area contributed by atoms with Gasteiger partial charge in [0, 0.05) is 12.5 Å². The molecule has 42 heavy (non-hydrogen) atoms. The molecule has 0 heterocycles. The highest BCUT2D eigenvalue weighted by Crippen LogP contribution is 2.56. The van der Waals surface area contributed by atoms with Crippen LogP contribution in [0.2, 0.25) is 0 Å². The molecular formula is C29H43O11PS. The Balaban J connectivity index is 2.19. The molecule has 0 aliphatic rings. The second-order valence-electron chi connectivity index (χ2n) is 11.7. The second-order valence-corrected chi connectivity index (χ2v) is 15.9. The monoisotopic (exact) mass is 630 g/mol. The molecule has 2 rings (SSSR count). The topological polar surface area (TPSA) is 144 Å². The summed E-state index contributed by atoms with van der Waals surface area (Å²) in [5.41, 5.74) is -0.562. The van der Waals surface area contributed by atoms with Crippen molar-refractivity contribution in [2.45, 2.75) is 72.1 Å². The van der Waals surface area contributed by atoms with Crippen molar-refractivity contribution in [1.82, 2.24) is 0 Å². The summed E-state index contributed by atoms with van der Waals surface area (Å²) in [5, 5.41) is 0. The molecule has 0 aromatic heterocycles. The van der Waals surface area contributed by atoms with Gasteiger partial charge >= 0.3 is 13.6 Å². The van der Waals surface area contributed by atoms with Gasteiger partial charge in [-0.15, -0.1) is 0 Å². The third-order valence-corrected chi connectivity index (χ3v) is 10.3. The van der Waals surface area contributed by atoms with E-state index < -0.39 is 59.4 Å². The van der Waals surface area contributed by atoms with Crippen molar-refractivity contribution in [3.8, 4) is 11.5 Å². The van der Waals surface area contributed by atoms with Crippen LogP contribution in [-0.4, -0.2) is 50.9 Å². The first-order valence-electron chi connectivity index (χ1n) is 13.4. The van der Waals surface area contributed by atoms with Gasteiger partial charge in [-0.3, -0.25) is 23.0 Å². The summed E-state index contributed by atoms with van der Waals surface area (Å²) in [6, 6.07) is 16.4. The summed E-state index contributed by atoms with van der Waals surface area (Å²) in [5.74, 6) is 0.582. The van der Waals surface area contributed by atoms with Gasteiger partial charge in [-0.25, -0.2) is 0 Å². The highest BCUT2D eigenvalue weighted by atomic mass is 32.2. The molecule has 0 bridgehead atoms. The number of rotatable bonds is 16. The molecule has 0 saturated heterocycles. The maximum absolute atomic E-state index is 13.9. The number of carbonyl (C=O) groups is 1. The summed E-state index contributed by atoms with van der Waals surface area (Å²) in [6.07, 6.45) is -0.538. The lowest BCUT2D eigenvalue weighted by Gasteiger charge is -2.30. The standard InChI is InChI=1S/C29H43O11PS/c1-28(2,3)26(30)36-20-38-41(31,39-21-37-27(35-7)29(4,5)6)25(42(32,33)34)18-12-14-22-13-11-17-24(19-22)40-23-15-9-8-10-16-23/h8-11,13,15-17,19,25,27H,12,14,18,20-21H2,1-7H3,(H,32,33,34). The molecule has 2 aromatic carbocycles. The van der Waals surface area contributed by atoms with Gasteiger partial charge in [0.15, 0.2) is 18.1 Å². The van der Waals surface area contributed by atoms with Crippen molar-refractivity contribution in [3.05, 3.63) is 60.2 Å². The molecule has 0 fully saturated rings. The third-order valence-electron chi connectivity index (χ3n) is 5.90. The van der Waals surface area contributed by atoms with E-state index >= 15 is 0 Å². The molecule has 3 atom stereocenters. The second kappa shape index (κ2) is 15.4. The molecule has 1 N–H and O–H groups in total. The number of hydrogen-bond acceptors (Lipinski definition) is 10. The van der Waals surface area contributed by atoms with Crippen molar-refractivity contribution in [2.24, 2.45) is 10.8 Å². The van der Waals surface area contributed by atoms with Gasteiger partial charge in [0.2, 0.25) is 6.79 Å². The first kappa shape index (κ1) is 35.9. The largest absolute Gasteiger partial charge is 0.457 e. The van der Waals surface area contributed by atoms with E-state index in [1.54, 1.807) is 39.0 Å². The Kier molecular flexibility index (Phi) is 13.2. The van der Waals surface area contributed by atoms with Crippen LogP contribution in [0.1, 0.15) is 59.9 Å². The van der Waals surface area contributed by atoms with Crippen molar-refractivity contribution < 1.29 is 50.3 Å². The number of hydrogen-bond donors (Lipinski definition) is 1. The van der Waals surface area contributed by atoms with Crippen LogP contribution in [0.4, 0.5) is 0 Å². The fourth-order valence-corrected chi connectivity index (χ4v) is 7.20. The zero-order chi connectivity index (χ0) is 31.6. The normalized spacial score (nSPS) is 15.4. The number of methoxy groups -OCH3 is 1. The minimum atomic E-state index is -4.95. The van der Waals surface area contributed by atoms with Gasteiger partial charge in [-0.05, 0) is 69.9 Å². The maximum Gasteiger partial charge on any atom is 0.356 e. The number of para-hydroxylation sites is 1. The molecule has 3 unspecified atom stereocenters. The van der Waals surface area contributed by atoms with E-state index in [-0.39, 0.29) is 12.8 Å². The van der Waals surface area contributed by atoms with E-state index in [2.05, 4.69) is 0 Å². The van der Waals surface area contributed by atoms with Crippen molar-refractivity contribution in [1.29, 1.82) is 0 Å². The summed E-state index contributed by atoms with van der Waals surface area (Å²) in [4.78, 5) is 10.2. The van der Waals surface area contributed by atoms with Crippen LogP contribution in [0.3, 0.4) is 0 Å². The molecule has 0 aliphatic heterocycles. The number of esters is 1. The molecule has 13 heteroatoms. The van der Waals surface area contributed by atoms with E-state index in [1.807, 2.05) is 57.2 Å². The number of benzene rings is 2. The lowest BCUT2D eigenvalue weighted by atomic mass is 9.96. The molecule has 0 radical (unpaired) electrons. The minimum Gasteiger partial charge on any atom is -0.457 e. The van der Waals surface area contributed by atoms with Crippen LogP contribution >= 0.6 is 7.60 Å². The Morgan fingerprint density at radius 2 is 1.55 bits per heavy atom. The predicted molar refractivity (Wildman–Crippen MR) is 158 cm³/mol. The molecule has 236 valence electrons. The minimum absolute atomic E-state index is 0.182. The van der Waals surface area contributed by atoms with Gasteiger partial charge < -0.3 is 18.9 Å². The predicted octanol–water partition coefficient (Wildman–Crippen LogP) is 6.78. The number of ether oxygens (including phenoxy) is 4. The summed E-state index contributed by atoms with van der Waals surface area (Å²) in [7, 11) is -8.21. The summed E-state index contributed by atoms with van der Waals surface area (Å²) < 4.78 is 81.3. The lowest BCUT2D eigenvalue weighted by Crippen LogP contribution is -2.32.